The third kappa shape index (κ3) is 5.90. The van der Waals surface area contributed by atoms with Gasteiger partial charge < -0.3 is 10.1 Å². The SMILES string of the molecule is O=C(COC(=O)CCN=C1NS(=O)(=O)c2ccccc21)NCCCc1ccccc1. The highest BCUT2D eigenvalue weighted by atomic mass is 32.2. The molecule has 0 unspecified atom stereocenters. The summed E-state index contributed by atoms with van der Waals surface area (Å²) in [5.41, 5.74) is 1.67. The predicted molar refractivity (Wildman–Crippen MR) is 112 cm³/mol. The number of carbonyl (C=O) groups excluding carboxylic acids is 2. The Kier molecular flexibility index (Phi) is 7.18. The molecule has 1 aliphatic heterocycles. The minimum Gasteiger partial charge on any atom is -0.456 e. The van der Waals surface area contributed by atoms with Crippen LogP contribution >= 0.6 is 0 Å². The summed E-state index contributed by atoms with van der Waals surface area (Å²) in [6.07, 6.45) is 1.58. The van der Waals surface area contributed by atoms with Crippen LogP contribution in [0.2, 0.25) is 0 Å². The Labute approximate surface area is 175 Å². The number of carbonyl (C=O) groups is 2. The number of benzene rings is 2. The minimum absolute atomic E-state index is 0.0454. The molecule has 0 saturated carbocycles. The number of aryl methyl sites for hydroxylation is 1. The maximum absolute atomic E-state index is 12.0. The van der Waals surface area contributed by atoms with Crippen molar-refractivity contribution in [1.29, 1.82) is 0 Å². The number of hydrogen-bond acceptors (Lipinski definition) is 6. The van der Waals surface area contributed by atoms with Gasteiger partial charge in [0.15, 0.2) is 6.61 Å². The van der Waals surface area contributed by atoms with E-state index in [2.05, 4.69) is 15.0 Å². The molecule has 0 saturated heterocycles. The topological polar surface area (TPSA) is 114 Å². The van der Waals surface area contributed by atoms with E-state index in [0.717, 1.165) is 12.8 Å². The second kappa shape index (κ2) is 10.0. The van der Waals surface area contributed by atoms with E-state index in [4.69, 9.17) is 4.74 Å². The molecular formula is C21H23N3O5S. The average Bonchev–Trinajstić information content (AvgIpc) is 3.01. The normalized spacial score (nSPS) is 15.3. The first-order chi connectivity index (χ1) is 14.5. The van der Waals surface area contributed by atoms with Crippen molar-refractivity contribution in [3.63, 3.8) is 0 Å². The zero-order valence-electron chi connectivity index (χ0n) is 16.3. The first-order valence-electron chi connectivity index (χ1n) is 9.58. The quantitative estimate of drug-likeness (QED) is 0.462. The van der Waals surface area contributed by atoms with Crippen molar-refractivity contribution < 1.29 is 22.7 Å². The van der Waals surface area contributed by atoms with Crippen LogP contribution in [0.15, 0.2) is 64.5 Å². The van der Waals surface area contributed by atoms with Gasteiger partial charge in [0.1, 0.15) is 5.84 Å². The molecule has 0 fully saturated rings. The Morgan fingerprint density at radius 2 is 1.77 bits per heavy atom. The molecule has 0 aliphatic carbocycles. The number of sulfonamides is 1. The summed E-state index contributed by atoms with van der Waals surface area (Å²) < 4.78 is 31.3. The Bertz CT molecular complexity index is 1040. The molecule has 30 heavy (non-hydrogen) atoms. The van der Waals surface area contributed by atoms with E-state index in [1.54, 1.807) is 18.2 Å². The van der Waals surface area contributed by atoms with Crippen LogP contribution < -0.4 is 10.0 Å². The molecule has 0 aromatic heterocycles. The number of ether oxygens (including phenoxy) is 1. The molecule has 2 aromatic rings. The third-order valence-electron chi connectivity index (χ3n) is 4.42. The fourth-order valence-corrected chi connectivity index (χ4v) is 4.20. The number of rotatable bonds is 9. The van der Waals surface area contributed by atoms with Gasteiger partial charge in [0.2, 0.25) is 0 Å². The first-order valence-corrected chi connectivity index (χ1v) is 11.1. The highest BCUT2D eigenvalue weighted by Crippen LogP contribution is 2.22. The molecule has 3 rings (SSSR count). The second-order valence-corrected chi connectivity index (χ2v) is 8.33. The van der Waals surface area contributed by atoms with Crippen molar-refractivity contribution in [2.24, 2.45) is 4.99 Å². The van der Waals surface area contributed by atoms with Gasteiger partial charge in [-0.1, -0.05) is 42.5 Å². The molecule has 0 spiro atoms. The largest absolute Gasteiger partial charge is 0.456 e. The monoisotopic (exact) mass is 429 g/mol. The van der Waals surface area contributed by atoms with E-state index < -0.39 is 16.0 Å². The van der Waals surface area contributed by atoms with E-state index in [1.165, 1.54) is 11.6 Å². The van der Waals surface area contributed by atoms with Gasteiger partial charge in [0, 0.05) is 12.1 Å². The minimum atomic E-state index is -3.61. The zero-order chi connectivity index (χ0) is 21.4. The standard InChI is InChI=1S/C21H23N3O5S/c25-19(22-13-6-9-16-7-2-1-3-8-16)15-29-20(26)12-14-23-21-17-10-4-5-11-18(17)30(27,28)24-21/h1-5,7-8,10-11H,6,9,12-15H2,(H,22,25)(H,23,24). The Morgan fingerprint density at radius 3 is 2.57 bits per heavy atom. The van der Waals surface area contributed by atoms with Crippen LogP contribution in [-0.4, -0.2) is 45.8 Å². The fraction of sp³-hybridized carbons (Fsp3) is 0.286. The predicted octanol–water partition coefficient (Wildman–Crippen LogP) is 1.41. The van der Waals surface area contributed by atoms with Crippen molar-refractivity contribution in [3.05, 3.63) is 65.7 Å². The summed E-state index contributed by atoms with van der Waals surface area (Å²) in [5, 5.41) is 2.71. The van der Waals surface area contributed by atoms with E-state index >= 15 is 0 Å². The fourth-order valence-electron chi connectivity index (χ4n) is 2.94. The van der Waals surface area contributed by atoms with E-state index in [-0.39, 0.29) is 36.2 Å². The molecule has 0 bridgehead atoms. The third-order valence-corrected chi connectivity index (χ3v) is 5.82. The summed E-state index contributed by atoms with van der Waals surface area (Å²) in [6.45, 7) is 0.193. The van der Waals surface area contributed by atoms with Crippen LogP contribution in [0.5, 0.6) is 0 Å². The number of nitrogens with one attached hydrogen (secondary N) is 2. The number of aliphatic imine (C=N–C) groups is 1. The lowest BCUT2D eigenvalue weighted by molar-refractivity contribution is -0.148. The molecule has 1 aliphatic rings. The van der Waals surface area contributed by atoms with Crippen molar-refractivity contribution in [1.82, 2.24) is 10.0 Å². The van der Waals surface area contributed by atoms with Gasteiger partial charge in [-0.15, -0.1) is 0 Å². The smallest absolute Gasteiger partial charge is 0.308 e. The van der Waals surface area contributed by atoms with Gasteiger partial charge >= 0.3 is 5.97 Å². The van der Waals surface area contributed by atoms with Crippen LogP contribution in [0, 0.1) is 0 Å². The highest BCUT2D eigenvalue weighted by molar-refractivity contribution is 7.90. The van der Waals surface area contributed by atoms with Gasteiger partial charge in [-0.25, -0.2) is 8.42 Å². The molecule has 2 N–H and O–H groups in total. The van der Waals surface area contributed by atoms with Gasteiger partial charge in [-0.2, -0.15) is 0 Å². The maximum atomic E-state index is 12.0. The molecule has 9 heteroatoms. The van der Waals surface area contributed by atoms with Crippen molar-refractivity contribution in [2.75, 3.05) is 19.7 Å². The number of amides is 1. The Balaban J connectivity index is 1.34. The average molecular weight is 429 g/mol. The van der Waals surface area contributed by atoms with Crippen LogP contribution in [0.3, 0.4) is 0 Å². The van der Waals surface area contributed by atoms with Crippen LogP contribution in [0.25, 0.3) is 0 Å². The summed E-state index contributed by atoms with van der Waals surface area (Å²) in [7, 11) is -3.61. The lowest BCUT2D eigenvalue weighted by Crippen LogP contribution is -2.30. The molecule has 8 nitrogen and oxygen atoms in total. The highest BCUT2D eigenvalue weighted by Gasteiger charge is 2.29. The Hall–Kier alpha value is -3.20. The summed E-state index contributed by atoms with van der Waals surface area (Å²) in [5.74, 6) is -0.734. The van der Waals surface area contributed by atoms with Gasteiger partial charge in [-0.3, -0.25) is 19.3 Å². The molecule has 0 atom stereocenters. The van der Waals surface area contributed by atoms with E-state index in [0.29, 0.717) is 12.1 Å². The summed E-state index contributed by atoms with van der Waals surface area (Å²) >= 11 is 0. The van der Waals surface area contributed by atoms with Crippen molar-refractivity contribution >= 4 is 27.7 Å². The first kappa shape index (κ1) is 21.5. The van der Waals surface area contributed by atoms with Crippen LogP contribution in [0.1, 0.15) is 24.0 Å². The van der Waals surface area contributed by atoms with Crippen molar-refractivity contribution in [2.45, 2.75) is 24.2 Å². The van der Waals surface area contributed by atoms with Gasteiger partial charge in [0.05, 0.1) is 17.9 Å². The zero-order valence-corrected chi connectivity index (χ0v) is 17.2. The summed E-state index contributed by atoms with van der Waals surface area (Å²) in [4.78, 5) is 27.9. The number of nitrogens with zero attached hydrogens (tertiary/aromatic N) is 1. The molecule has 0 radical (unpaired) electrons. The van der Waals surface area contributed by atoms with E-state index in [9.17, 15) is 18.0 Å². The van der Waals surface area contributed by atoms with Gasteiger partial charge in [-0.05, 0) is 30.5 Å². The molecule has 2 aromatic carbocycles. The molecule has 158 valence electrons. The van der Waals surface area contributed by atoms with Crippen LogP contribution in [-0.2, 0) is 30.8 Å². The van der Waals surface area contributed by atoms with Crippen molar-refractivity contribution in [3.8, 4) is 0 Å². The number of hydrogen-bond donors (Lipinski definition) is 2. The molecule has 1 heterocycles. The second-order valence-electron chi connectivity index (χ2n) is 6.68. The lowest BCUT2D eigenvalue weighted by Gasteiger charge is -2.06. The van der Waals surface area contributed by atoms with Gasteiger partial charge in [0.25, 0.3) is 15.9 Å². The molecular weight excluding hydrogens is 406 g/mol. The summed E-state index contributed by atoms with van der Waals surface area (Å²) in [6, 6.07) is 16.4. The van der Waals surface area contributed by atoms with Crippen LogP contribution in [0.4, 0.5) is 0 Å². The number of esters is 1. The number of amidine groups is 1. The van der Waals surface area contributed by atoms with E-state index in [1.807, 2.05) is 30.3 Å². The lowest BCUT2D eigenvalue weighted by atomic mass is 10.1. The Morgan fingerprint density at radius 1 is 1.03 bits per heavy atom. The molecule has 1 amide bonds. The maximum Gasteiger partial charge on any atom is 0.308 e. The number of fused-ring (bicyclic) bond motifs is 1.